The number of aliphatic hydroxyl groups is 1. The van der Waals surface area contributed by atoms with Gasteiger partial charge < -0.3 is 9.84 Å². The number of rotatable bonds is 10. The van der Waals surface area contributed by atoms with Crippen molar-refractivity contribution >= 4 is 5.91 Å². The lowest BCUT2D eigenvalue weighted by atomic mass is 10.0. The van der Waals surface area contributed by atoms with Gasteiger partial charge in [0.15, 0.2) is 0 Å². The first-order valence-electron chi connectivity index (χ1n) is 9.29. The van der Waals surface area contributed by atoms with E-state index in [1.165, 1.54) is 5.06 Å². The number of carbonyl (C=O) groups is 1. The van der Waals surface area contributed by atoms with E-state index in [2.05, 4.69) is 13.8 Å². The average molecular weight is 371 g/mol. The molecule has 1 N–H and O–H groups in total. The maximum atomic E-state index is 12.8. The predicted octanol–water partition coefficient (Wildman–Crippen LogP) is 3.95. The molecule has 1 unspecified atom stereocenters. The number of ether oxygens (including phenoxy) is 1. The molecule has 0 aliphatic rings. The Bertz CT molecular complexity index is 702. The smallest absolute Gasteiger partial charge is 0.275 e. The van der Waals surface area contributed by atoms with Crippen LogP contribution in [0.3, 0.4) is 0 Å². The fourth-order valence-electron chi connectivity index (χ4n) is 2.68. The average Bonchev–Trinajstić information content (AvgIpc) is 2.69. The number of nitrogens with zero attached hydrogens (tertiary/aromatic N) is 1. The fraction of sp³-hybridized carbons (Fsp3) is 0.409. The maximum absolute atomic E-state index is 12.8. The summed E-state index contributed by atoms with van der Waals surface area (Å²) in [4.78, 5) is 18.6. The first kappa shape index (κ1) is 20.9. The fourth-order valence-corrected chi connectivity index (χ4v) is 2.68. The van der Waals surface area contributed by atoms with Gasteiger partial charge in [0.1, 0.15) is 18.5 Å². The SMILES string of the molecule is COc1ccccc1CN(OCc1ccccc1)C(=O)C(O)CCC(C)C. The summed E-state index contributed by atoms with van der Waals surface area (Å²) in [6.45, 7) is 4.58. The molecule has 1 amide bonds. The molecular weight excluding hydrogens is 342 g/mol. The van der Waals surface area contributed by atoms with Crippen LogP contribution in [0.2, 0.25) is 0 Å². The lowest BCUT2D eigenvalue weighted by Crippen LogP contribution is -2.39. The quantitative estimate of drug-likeness (QED) is 0.643. The summed E-state index contributed by atoms with van der Waals surface area (Å²) < 4.78 is 5.37. The molecule has 0 radical (unpaired) electrons. The summed E-state index contributed by atoms with van der Waals surface area (Å²) in [7, 11) is 1.59. The second-order valence-corrected chi connectivity index (χ2v) is 6.93. The van der Waals surface area contributed by atoms with Crippen LogP contribution in [-0.2, 0) is 22.8 Å². The van der Waals surface area contributed by atoms with Crippen LogP contribution >= 0.6 is 0 Å². The van der Waals surface area contributed by atoms with E-state index in [-0.39, 0.29) is 13.2 Å². The monoisotopic (exact) mass is 371 g/mol. The summed E-state index contributed by atoms with van der Waals surface area (Å²) in [5.74, 6) is 0.660. The highest BCUT2D eigenvalue weighted by Gasteiger charge is 2.24. The minimum Gasteiger partial charge on any atom is -0.496 e. The highest BCUT2D eigenvalue weighted by molar-refractivity contribution is 5.79. The van der Waals surface area contributed by atoms with Crippen molar-refractivity contribution in [2.75, 3.05) is 7.11 Å². The van der Waals surface area contributed by atoms with E-state index >= 15 is 0 Å². The summed E-state index contributed by atoms with van der Waals surface area (Å²) in [5, 5.41) is 11.6. The third-order valence-electron chi connectivity index (χ3n) is 4.28. The molecular formula is C22H29NO4. The van der Waals surface area contributed by atoms with Gasteiger partial charge in [-0.1, -0.05) is 62.4 Å². The van der Waals surface area contributed by atoms with Crippen molar-refractivity contribution in [2.45, 2.75) is 45.9 Å². The van der Waals surface area contributed by atoms with Crippen molar-refractivity contribution in [1.82, 2.24) is 5.06 Å². The lowest BCUT2D eigenvalue weighted by Gasteiger charge is -2.25. The Morgan fingerprint density at radius 2 is 1.70 bits per heavy atom. The largest absolute Gasteiger partial charge is 0.496 e. The van der Waals surface area contributed by atoms with E-state index in [0.717, 1.165) is 17.5 Å². The number of amides is 1. The van der Waals surface area contributed by atoms with Crippen molar-refractivity contribution in [3.63, 3.8) is 0 Å². The van der Waals surface area contributed by atoms with Gasteiger partial charge in [0, 0.05) is 5.56 Å². The molecule has 0 heterocycles. The Hall–Kier alpha value is -2.37. The van der Waals surface area contributed by atoms with Crippen molar-refractivity contribution in [3.05, 3.63) is 65.7 Å². The van der Waals surface area contributed by atoms with Gasteiger partial charge >= 0.3 is 0 Å². The Kier molecular flexibility index (Phi) is 8.30. The lowest BCUT2D eigenvalue weighted by molar-refractivity contribution is -0.204. The first-order valence-corrected chi connectivity index (χ1v) is 9.29. The number of benzene rings is 2. The predicted molar refractivity (Wildman–Crippen MR) is 105 cm³/mol. The number of hydrogen-bond donors (Lipinski definition) is 1. The highest BCUT2D eigenvalue weighted by atomic mass is 16.7. The molecule has 2 aromatic rings. The number of hydrogen-bond acceptors (Lipinski definition) is 4. The zero-order chi connectivity index (χ0) is 19.6. The molecule has 0 aliphatic carbocycles. The van der Waals surface area contributed by atoms with Crippen molar-refractivity contribution in [2.24, 2.45) is 5.92 Å². The zero-order valence-electron chi connectivity index (χ0n) is 16.3. The Morgan fingerprint density at radius 1 is 1.04 bits per heavy atom. The molecule has 0 aliphatic heterocycles. The van der Waals surface area contributed by atoms with E-state index < -0.39 is 12.0 Å². The minimum atomic E-state index is -1.09. The number of aliphatic hydroxyl groups excluding tert-OH is 1. The van der Waals surface area contributed by atoms with E-state index in [0.29, 0.717) is 18.1 Å². The van der Waals surface area contributed by atoms with Crippen LogP contribution in [0.4, 0.5) is 0 Å². The maximum Gasteiger partial charge on any atom is 0.275 e. The second kappa shape index (κ2) is 10.7. The Labute approximate surface area is 161 Å². The van der Waals surface area contributed by atoms with Crippen LogP contribution in [0, 0.1) is 5.92 Å². The Balaban J connectivity index is 2.12. The van der Waals surface area contributed by atoms with Crippen molar-refractivity contribution in [3.8, 4) is 5.75 Å². The van der Waals surface area contributed by atoms with Gasteiger partial charge in [-0.3, -0.25) is 9.63 Å². The third kappa shape index (κ3) is 6.70. The molecule has 2 rings (SSSR count). The normalized spacial score (nSPS) is 12.0. The molecule has 0 fully saturated rings. The first-order chi connectivity index (χ1) is 13.0. The van der Waals surface area contributed by atoms with E-state index in [1.807, 2.05) is 54.6 Å². The molecule has 0 aromatic heterocycles. The van der Waals surface area contributed by atoms with Gasteiger partial charge in [0.2, 0.25) is 0 Å². The van der Waals surface area contributed by atoms with E-state index in [9.17, 15) is 9.90 Å². The molecule has 0 bridgehead atoms. The number of hydroxylamine groups is 2. The van der Waals surface area contributed by atoms with Gasteiger partial charge in [-0.15, -0.1) is 0 Å². The molecule has 27 heavy (non-hydrogen) atoms. The molecule has 1 atom stereocenters. The van der Waals surface area contributed by atoms with Crippen LogP contribution in [0.15, 0.2) is 54.6 Å². The molecule has 5 heteroatoms. The zero-order valence-corrected chi connectivity index (χ0v) is 16.3. The van der Waals surface area contributed by atoms with Crippen LogP contribution in [0.1, 0.15) is 37.8 Å². The molecule has 5 nitrogen and oxygen atoms in total. The molecule has 0 saturated carbocycles. The number of para-hydroxylation sites is 1. The van der Waals surface area contributed by atoms with Gasteiger partial charge in [-0.2, -0.15) is 0 Å². The van der Waals surface area contributed by atoms with Crippen molar-refractivity contribution in [1.29, 1.82) is 0 Å². The minimum absolute atomic E-state index is 0.203. The number of carbonyl (C=O) groups excluding carboxylic acids is 1. The molecule has 146 valence electrons. The summed E-state index contributed by atoms with van der Waals surface area (Å²) in [6, 6.07) is 17.1. The highest BCUT2D eigenvalue weighted by Crippen LogP contribution is 2.21. The molecule has 0 saturated heterocycles. The van der Waals surface area contributed by atoms with Gasteiger partial charge in [-0.05, 0) is 30.4 Å². The molecule has 0 spiro atoms. The topological polar surface area (TPSA) is 59.0 Å². The van der Waals surface area contributed by atoms with Gasteiger partial charge in [0.25, 0.3) is 5.91 Å². The third-order valence-corrected chi connectivity index (χ3v) is 4.28. The van der Waals surface area contributed by atoms with Gasteiger partial charge in [0.05, 0.1) is 13.7 Å². The van der Waals surface area contributed by atoms with Gasteiger partial charge in [-0.25, -0.2) is 5.06 Å². The van der Waals surface area contributed by atoms with Crippen LogP contribution in [-0.4, -0.2) is 29.3 Å². The standard InChI is InChI=1S/C22H29NO4/c1-17(2)13-14-20(24)22(25)23(27-16-18-9-5-4-6-10-18)15-19-11-7-8-12-21(19)26-3/h4-12,17,20,24H,13-16H2,1-3H3. The second-order valence-electron chi connectivity index (χ2n) is 6.93. The van der Waals surface area contributed by atoms with Crippen molar-refractivity contribution < 1.29 is 19.5 Å². The number of methoxy groups -OCH3 is 1. The van der Waals surface area contributed by atoms with Crippen LogP contribution < -0.4 is 4.74 Å². The summed E-state index contributed by atoms with van der Waals surface area (Å²) >= 11 is 0. The summed E-state index contributed by atoms with van der Waals surface area (Å²) in [5.41, 5.74) is 1.77. The summed E-state index contributed by atoms with van der Waals surface area (Å²) in [6.07, 6.45) is 0.0970. The van der Waals surface area contributed by atoms with Crippen LogP contribution in [0.25, 0.3) is 0 Å². The van der Waals surface area contributed by atoms with E-state index in [4.69, 9.17) is 9.57 Å². The van der Waals surface area contributed by atoms with Crippen LogP contribution in [0.5, 0.6) is 5.75 Å². The van der Waals surface area contributed by atoms with E-state index in [1.54, 1.807) is 7.11 Å². The Morgan fingerprint density at radius 3 is 2.37 bits per heavy atom. The molecule has 2 aromatic carbocycles.